The molecule has 0 aliphatic rings. The first kappa shape index (κ1) is 13.9. The van der Waals surface area contributed by atoms with E-state index in [9.17, 15) is 23.1 Å². The molecule has 0 atom stereocenters. The molecule has 0 aliphatic carbocycles. The number of hydrogen-bond donors (Lipinski definition) is 1. The third-order valence-electron chi connectivity index (χ3n) is 3.30. The lowest BCUT2D eigenvalue weighted by atomic mass is 10.0. The van der Waals surface area contributed by atoms with Crippen LogP contribution in [0.15, 0.2) is 30.3 Å². The molecule has 2 nitrogen and oxygen atoms in total. The molecule has 3 rings (SSSR count). The number of benzene rings is 2. The Labute approximate surface area is 121 Å². The number of rotatable bonds is 1. The lowest BCUT2D eigenvalue weighted by Gasteiger charge is -2.09. The quantitative estimate of drug-likeness (QED) is 0.680. The zero-order valence-electron chi connectivity index (χ0n) is 10.8. The molecule has 0 spiro atoms. The maximum Gasteiger partial charge on any atom is 0.416 e. The lowest BCUT2D eigenvalue weighted by Crippen LogP contribution is -2.04. The molecule has 0 radical (unpaired) electrons. The monoisotopic (exact) mass is 310 g/mol. The van der Waals surface area contributed by atoms with Gasteiger partial charge in [0.05, 0.1) is 11.1 Å². The van der Waals surface area contributed by atoms with Gasteiger partial charge in [0.15, 0.2) is 0 Å². The van der Waals surface area contributed by atoms with Gasteiger partial charge < -0.3 is 5.11 Å². The van der Waals surface area contributed by atoms with E-state index in [2.05, 4.69) is 0 Å². The first-order valence-electron chi connectivity index (χ1n) is 6.05. The summed E-state index contributed by atoms with van der Waals surface area (Å²) in [4.78, 5) is 12.2. The van der Waals surface area contributed by atoms with Crippen LogP contribution in [0.3, 0.4) is 0 Å². The Morgan fingerprint density at radius 3 is 2.48 bits per heavy atom. The van der Waals surface area contributed by atoms with Gasteiger partial charge in [0, 0.05) is 15.0 Å². The zero-order valence-corrected chi connectivity index (χ0v) is 11.6. The second-order valence-corrected chi connectivity index (χ2v) is 6.02. The summed E-state index contributed by atoms with van der Waals surface area (Å²) >= 11 is 1.27. The van der Waals surface area contributed by atoms with Crippen molar-refractivity contribution >= 4 is 38.2 Å². The second kappa shape index (κ2) is 4.46. The van der Waals surface area contributed by atoms with Crippen molar-refractivity contribution in [3.8, 4) is 0 Å². The Hall–Kier alpha value is -2.08. The van der Waals surface area contributed by atoms with E-state index in [1.165, 1.54) is 23.5 Å². The molecule has 0 aliphatic heterocycles. The predicted octanol–water partition coefficient (Wildman–Crippen LogP) is 5.08. The number of hydrogen-bond acceptors (Lipinski definition) is 2. The molecule has 1 aromatic heterocycles. The SMILES string of the molecule is Cc1cc2c(s1)c(C(=O)O)cc1ccc(C(F)(F)F)cc12. The summed E-state index contributed by atoms with van der Waals surface area (Å²) in [6, 6.07) is 6.52. The molecule has 1 N–H and O–H groups in total. The minimum absolute atomic E-state index is 0.121. The number of fused-ring (bicyclic) bond motifs is 3. The molecule has 1 heterocycles. The normalized spacial score (nSPS) is 12.2. The van der Waals surface area contributed by atoms with E-state index in [0.717, 1.165) is 17.0 Å². The number of aromatic carboxylic acids is 1. The molecule has 0 bridgehead atoms. The lowest BCUT2D eigenvalue weighted by molar-refractivity contribution is -0.137. The van der Waals surface area contributed by atoms with Crippen LogP contribution in [-0.4, -0.2) is 11.1 Å². The number of halogens is 3. The number of aryl methyl sites for hydroxylation is 1. The van der Waals surface area contributed by atoms with Crippen molar-refractivity contribution in [3.63, 3.8) is 0 Å². The fourth-order valence-electron chi connectivity index (χ4n) is 2.39. The average molecular weight is 310 g/mol. The van der Waals surface area contributed by atoms with Crippen LogP contribution in [-0.2, 0) is 6.18 Å². The van der Waals surface area contributed by atoms with E-state index in [1.54, 1.807) is 13.0 Å². The van der Waals surface area contributed by atoms with Crippen LogP contribution in [0.1, 0.15) is 20.8 Å². The molecule has 0 fully saturated rings. The van der Waals surface area contributed by atoms with E-state index in [1.807, 2.05) is 0 Å². The number of carbonyl (C=O) groups is 1. The highest BCUT2D eigenvalue weighted by Gasteiger charge is 2.30. The molecule has 21 heavy (non-hydrogen) atoms. The van der Waals surface area contributed by atoms with E-state index in [4.69, 9.17) is 0 Å². The fraction of sp³-hybridized carbons (Fsp3) is 0.133. The van der Waals surface area contributed by atoms with E-state index in [0.29, 0.717) is 20.9 Å². The highest BCUT2D eigenvalue weighted by atomic mass is 32.1. The topological polar surface area (TPSA) is 37.3 Å². The molecule has 3 aromatic rings. The standard InChI is InChI=1S/C15H9F3O2S/c1-7-4-11-10-6-9(15(16,17)18)3-2-8(10)5-12(14(19)20)13(11)21-7/h2-6H,1H3,(H,19,20). The summed E-state index contributed by atoms with van der Waals surface area (Å²) in [5.41, 5.74) is -0.612. The largest absolute Gasteiger partial charge is 0.478 e. The van der Waals surface area contributed by atoms with Crippen molar-refractivity contribution in [2.75, 3.05) is 0 Å². The van der Waals surface area contributed by atoms with Crippen LogP contribution in [0.5, 0.6) is 0 Å². The van der Waals surface area contributed by atoms with Crippen LogP contribution in [0.2, 0.25) is 0 Å². The van der Waals surface area contributed by atoms with Gasteiger partial charge in [-0.3, -0.25) is 0 Å². The van der Waals surface area contributed by atoms with E-state index >= 15 is 0 Å². The van der Waals surface area contributed by atoms with E-state index in [-0.39, 0.29) is 5.56 Å². The minimum atomic E-state index is -4.42. The van der Waals surface area contributed by atoms with E-state index < -0.39 is 17.7 Å². The van der Waals surface area contributed by atoms with Crippen LogP contribution >= 0.6 is 11.3 Å². The first-order chi connectivity index (χ1) is 9.77. The number of carboxylic acid groups (broad SMARTS) is 1. The van der Waals surface area contributed by atoms with Gasteiger partial charge in [-0.05, 0) is 42.0 Å². The van der Waals surface area contributed by atoms with Gasteiger partial charge in [-0.1, -0.05) is 6.07 Å². The third-order valence-corrected chi connectivity index (χ3v) is 4.38. The number of alkyl halides is 3. The molecule has 2 aromatic carbocycles. The minimum Gasteiger partial charge on any atom is -0.478 e. The summed E-state index contributed by atoms with van der Waals surface area (Å²) in [6.45, 7) is 1.80. The van der Waals surface area contributed by atoms with Crippen molar-refractivity contribution in [3.05, 3.63) is 46.3 Å². The molecule has 0 saturated heterocycles. The van der Waals surface area contributed by atoms with Crippen molar-refractivity contribution in [1.82, 2.24) is 0 Å². The molecule has 6 heteroatoms. The van der Waals surface area contributed by atoms with Gasteiger partial charge in [0.2, 0.25) is 0 Å². The highest BCUT2D eigenvalue weighted by molar-refractivity contribution is 7.19. The first-order valence-corrected chi connectivity index (χ1v) is 6.86. The van der Waals surface area contributed by atoms with Gasteiger partial charge in [-0.15, -0.1) is 11.3 Å². The van der Waals surface area contributed by atoms with Gasteiger partial charge in [0.25, 0.3) is 0 Å². The maximum absolute atomic E-state index is 12.8. The zero-order chi connectivity index (χ0) is 15.4. The summed E-state index contributed by atoms with van der Waals surface area (Å²) < 4.78 is 39.0. The average Bonchev–Trinajstić information content (AvgIpc) is 2.77. The fourth-order valence-corrected chi connectivity index (χ4v) is 3.42. The number of thiophene rings is 1. The van der Waals surface area contributed by atoms with Crippen LogP contribution < -0.4 is 0 Å². The Kier molecular flexibility index (Phi) is 2.95. The van der Waals surface area contributed by atoms with Crippen molar-refractivity contribution in [2.45, 2.75) is 13.1 Å². The summed E-state index contributed by atoms with van der Waals surface area (Å²) in [7, 11) is 0. The van der Waals surface area contributed by atoms with Crippen molar-refractivity contribution in [1.29, 1.82) is 0 Å². The molecule has 0 amide bonds. The molecular formula is C15H9F3O2S. The van der Waals surface area contributed by atoms with Crippen LogP contribution in [0, 0.1) is 6.92 Å². The highest BCUT2D eigenvalue weighted by Crippen LogP contribution is 2.38. The van der Waals surface area contributed by atoms with Crippen molar-refractivity contribution < 1.29 is 23.1 Å². The van der Waals surface area contributed by atoms with Crippen LogP contribution in [0.25, 0.3) is 20.9 Å². The summed E-state index contributed by atoms with van der Waals surface area (Å²) in [5, 5.41) is 10.7. The van der Waals surface area contributed by atoms with Gasteiger partial charge in [-0.2, -0.15) is 13.2 Å². The molecule has 0 unspecified atom stereocenters. The molecule has 108 valence electrons. The van der Waals surface area contributed by atoms with Crippen LogP contribution in [0.4, 0.5) is 13.2 Å². The van der Waals surface area contributed by atoms with Gasteiger partial charge in [0.1, 0.15) is 0 Å². The smallest absolute Gasteiger partial charge is 0.416 e. The van der Waals surface area contributed by atoms with Gasteiger partial charge >= 0.3 is 12.1 Å². The summed E-state index contributed by atoms with van der Waals surface area (Å²) in [6.07, 6.45) is -4.42. The Balaban J connectivity index is 2.45. The Morgan fingerprint density at radius 2 is 1.86 bits per heavy atom. The third kappa shape index (κ3) is 2.25. The Morgan fingerprint density at radius 1 is 1.14 bits per heavy atom. The predicted molar refractivity (Wildman–Crippen MR) is 76.0 cm³/mol. The summed E-state index contributed by atoms with van der Waals surface area (Å²) in [5.74, 6) is -1.08. The molecule has 0 saturated carbocycles. The van der Waals surface area contributed by atoms with Gasteiger partial charge in [-0.25, -0.2) is 4.79 Å². The second-order valence-electron chi connectivity index (χ2n) is 4.76. The number of carboxylic acids is 1. The molecular weight excluding hydrogens is 301 g/mol. The van der Waals surface area contributed by atoms with Crippen molar-refractivity contribution in [2.24, 2.45) is 0 Å². The maximum atomic E-state index is 12.8. The Bertz CT molecular complexity index is 878.